The van der Waals surface area contributed by atoms with Gasteiger partial charge in [-0.2, -0.15) is 0 Å². The van der Waals surface area contributed by atoms with Crippen LogP contribution in [0.25, 0.3) is 16.6 Å². The van der Waals surface area contributed by atoms with Crippen LogP contribution >= 0.6 is 0 Å². The smallest absolute Gasteiger partial charge is 0.329 e. The third kappa shape index (κ3) is 24.7. The molecule has 1 saturated carbocycles. The summed E-state index contributed by atoms with van der Waals surface area (Å²) in [4.78, 5) is 116. The number of aliphatic hydroxyl groups is 3. The summed E-state index contributed by atoms with van der Waals surface area (Å²) < 4.78 is 75.0. The molecular formula is C98H132N8O20S. The first-order chi connectivity index (χ1) is 60.6. The number of ether oxygens (including phenoxy) is 7. The second kappa shape index (κ2) is 43.5. The van der Waals surface area contributed by atoms with Gasteiger partial charge in [0.05, 0.1) is 52.6 Å². The first-order valence-corrected chi connectivity index (χ1v) is 47.0. The lowest BCUT2D eigenvalue weighted by Crippen LogP contribution is -2.61. The van der Waals surface area contributed by atoms with Gasteiger partial charge < -0.3 is 68.2 Å². The number of esters is 1. The van der Waals surface area contributed by atoms with E-state index in [4.69, 9.17) is 33.2 Å². The predicted molar refractivity (Wildman–Crippen MR) is 485 cm³/mol. The van der Waals surface area contributed by atoms with E-state index in [1.165, 1.54) is 53.8 Å². The summed E-state index contributed by atoms with van der Waals surface area (Å²) >= 11 is 0. The van der Waals surface area contributed by atoms with Crippen LogP contribution in [0.15, 0.2) is 143 Å². The van der Waals surface area contributed by atoms with Crippen molar-refractivity contribution < 1.29 is 90.6 Å². The van der Waals surface area contributed by atoms with Crippen LogP contribution < -0.4 is 19.3 Å². The number of benzene rings is 3. The number of rotatable bonds is 22. The predicted octanol–water partition coefficient (Wildman–Crippen LogP) is 14.3. The zero-order valence-corrected chi connectivity index (χ0v) is 76.7. The number of nitro groups is 1. The molecule has 2 aromatic heterocycles. The molecule has 5 aromatic rings. The number of nitrogens with zero attached hydrogens (tertiary/aromatic N) is 6. The zero-order valence-electron chi connectivity index (χ0n) is 75.9. The highest BCUT2D eigenvalue weighted by Gasteiger charge is 2.54. The maximum absolute atomic E-state index is 15.0. The van der Waals surface area contributed by atoms with E-state index < -0.39 is 127 Å². The number of nitrogens with one attached hydrogen (secondary N) is 2. The standard InChI is InChI=1S/C98H132N8O20S/c1-61-21-25-71(26-22-61)79-57-97(9,10)37-33-73(79)60-102-40-42-103(43-41-102)74-27-30-78(87(53-74)124-76-52-72-34-38-99-93(72)100-58-76)94(112)101-127(118,119)77-29-31-80(82(55-77)106(116)117)104(59-69-35-45-122-46-36-69)44-47-123-85-54-75-28-23-68(8)98(115,126-75)92(111)95(113)105-39-17-16-20-81(105)96(114)125-86(65(5)50-70-24-32-83(107)88(51-70)120-11)56-84(108)64(4)49-67(7)90(110)91(121-12)89(109)66(6)48-62(2)18-14-13-15-19-63(85)3/h13-15,18-19,21-22,25-27,29-31,34,38,49,52-53,55,58,62,64-66,68-70,75,81,83,85-86,88,90-91,107,110,115H,16-17,20,23-24,28,32-33,35-37,39-48,50-51,54,56-57,59-60H2,1-12H3,(H,99,100)(H,101,112)/b15-13+,18-14+,63-19-,67-49+/t62-,64-,65?,66-,68-,70-,75+,81+,83-,85-,86+,88-,90-,91+,98-/m1/s1. The van der Waals surface area contributed by atoms with Gasteiger partial charge in [-0.15, -0.1) is 0 Å². The lowest BCUT2D eigenvalue weighted by molar-refractivity contribution is -0.384. The molecule has 7 heterocycles. The highest BCUT2D eigenvalue weighted by Crippen LogP contribution is 2.45. The second-order valence-corrected chi connectivity index (χ2v) is 39.2. The van der Waals surface area contributed by atoms with Gasteiger partial charge in [0.15, 0.2) is 5.78 Å². The topological polar surface area (TPSA) is 359 Å². The quantitative estimate of drug-likeness (QED) is 0.0141. The molecule has 3 aromatic carbocycles. The van der Waals surface area contributed by atoms with Crippen molar-refractivity contribution in [2.45, 2.75) is 238 Å². The molecule has 1 unspecified atom stereocenters. The number of fused-ring (bicyclic) bond motifs is 4. The van der Waals surface area contributed by atoms with Crippen molar-refractivity contribution >= 4 is 78.8 Å². The number of piperidine rings is 1. The number of sulfonamides is 1. The fourth-order valence-electron chi connectivity index (χ4n) is 19.3. The van der Waals surface area contributed by atoms with Gasteiger partial charge in [-0.05, 0) is 205 Å². The Morgan fingerprint density at radius 1 is 0.835 bits per heavy atom. The second-order valence-electron chi connectivity index (χ2n) is 37.5. The van der Waals surface area contributed by atoms with Crippen LogP contribution in [0.2, 0.25) is 0 Å². The molecular weight excluding hydrogens is 1640 g/mol. The number of Topliss-reactive ketones (excluding diaryl/α,β-unsaturated/α-hetero) is 3. The number of aryl methyl sites for hydroxylation is 1. The van der Waals surface area contributed by atoms with E-state index in [0.29, 0.717) is 107 Å². The summed E-state index contributed by atoms with van der Waals surface area (Å²) in [6.07, 6.45) is 15.8. The van der Waals surface area contributed by atoms with Crippen LogP contribution in [-0.4, -0.2) is 225 Å². The highest BCUT2D eigenvalue weighted by atomic mass is 32.2. The fraction of sp³-hybridized carbons (Fsp3) is 0.582. The Hall–Kier alpha value is -9.14. The van der Waals surface area contributed by atoms with Crippen molar-refractivity contribution in [2.75, 3.05) is 96.2 Å². The summed E-state index contributed by atoms with van der Waals surface area (Å²) in [5.74, 6) is -10.1. The Labute approximate surface area is 747 Å². The number of anilines is 2. The third-order valence-electron chi connectivity index (χ3n) is 27.3. The van der Waals surface area contributed by atoms with Crippen LogP contribution in [0.1, 0.15) is 193 Å². The summed E-state index contributed by atoms with van der Waals surface area (Å²) in [6, 6.07) is 19.7. The van der Waals surface area contributed by atoms with Gasteiger partial charge in [-0.25, -0.2) is 22.9 Å². The molecule has 2 amide bonds. The van der Waals surface area contributed by atoms with Crippen molar-refractivity contribution in [3.8, 4) is 11.5 Å². The Kier molecular flexibility index (Phi) is 33.2. The van der Waals surface area contributed by atoms with Crippen molar-refractivity contribution in [3.05, 3.63) is 165 Å². The summed E-state index contributed by atoms with van der Waals surface area (Å²) in [7, 11) is -1.97. The molecule has 5 aliphatic heterocycles. The number of hydrogen-bond acceptors (Lipinski definition) is 24. The average Bonchev–Trinajstić information content (AvgIpc) is 1.26. The molecule has 0 radical (unpaired) electrons. The molecule has 0 spiro atoms. The molecule has 4 saturated heterocycles. The molecule has 2 aliphatic carbocycles. The summed E-state index contributed by atoms with van der Waals surface area (Å²) in [5.41, 5.74) is 7.32. The van der Waals surface area contributed by atoms with Crippen molar-refractivity contribution in [1.82, 2.24) is 24.5 Å². The van der Waals surface area contributed by atoms with Crippen LogP contribution in [0, 0.1) is 63.9 Å². The number of amides is 2. The number of carbonyl (C=O) groups is 6. The Morgan fingerprint density at radius 3 is 2.32 bits per heavy atom. The Bertz CT molecular complexity index is 4990. The van der Waals surface area contributed by atoms with E-state index in [0.717, 1.165) is 60.9 Å². The monoisotopic (exact) mass is 1770 g/mol. The van der Waals surface area contributed by atoms with Gasteiger partial charge in [0, 0.05) is 140 Å². The zero-order chi connectivity index (χ0) is 91.2. The molecule has 2 bridgehead atoms. The lowest BCUT2D eigenvalue weighted by atomic mass is 9.72. The van der Waals surface area contributed by atoms with Crippen molar-refractivity contribution in [1.29, 1.82) is 0 Å². The molecule has 28 nitrogen and oxygen atoms in total. The number of aromatic nitrogens is 2. The number of nitro benzene ring substituents is 1. The molecule has 690 valence electrons. The maximum Gasteiger partial charge on any atom is 0.329 e. The largest absolute Gasteiger partial charge is 0.460 e. The molecule has 127 heavy (non-hydrogen) atoms. The van der Waals surface area contributed by atoms with Gasteiger partial charge >= 0.3 is 5.97 Å². The normalized spacial score (nSPS) is 29.4. The minimum absolute atomic E-state index is 0.0181. The van der Waals surface area contributed by atoms with Gasteiger partial charge in [0.1, 0.15) is 53.0 Å². The lowest BCUT2D eigenvalue weighted by Gasteiger charge is -2.43. The SMILES string of the molecule is CO[C@@H]1C[C@@H](CC(C)[C@@H]2CC(=O)[C@H](C)/C=C(\C)[C@@H](O)[C@@H](OC)C(=O)[C@H](C)C[C@H](C)/C=C/C=C/C=C(/C)[C@H](OCCN(CC3CCOCC3)c3ccc(S(=O)(=O)NC(=O)c4ccc(N5CCN(CC6=C(c7ccc(C)cc7)CC(C)(C)CC6)CC5)cc4Oc4cnc5[nH]ccc5c4)cc3[N+](=O)[O-])C[C@@H]3CC[C@@H](C)[C@@](O)(O3)C(=O)C(=O)N3CCCC[C@H]3C(=O)O2)CC[C@H]1O. The number of cyclic esters (lactones) is 1. The molecule has 7 aliphatic rings. The summed E-state index contributed by atoms with van der Waals surface area (Å²) in [6.45, 7) is 23.9. The maximum atomic E-state index is 15.0. The highest BCUT2D eigenvalue weighted by molar-refractivity contribution is 7.90. The third-order valence-corrected chi connectivity index (χ3v) is 28.6. The van der Waals surface area contributed by atoms with E-state index in [1.807, 2.05) is 51.1 Å². The number of aliphatic hydroxyl groups excluding tert-OH is 2. The molecule has 5 N–H and O–H groups in total. The number of piperazine rings is 1. The number of carbonyl (C=O) groups excluding carboxylic acids is 6. The van der Waals surface area contributed by atoms with E-state index >= 15 is 4.79 Å². The Balaban J connectivity index is 0.791. The fourth-order valence-corrected chi connectivity index (χ4v) is 20.3. The number of ketones is 3. The van der Waals surface area contributed by atoms with Crippen LogP contribution in [0.3, 0.4) is 0 Å². The van der Waals surface area contributed by atoms with Crippen LogP contribution in [-0.2, 0) is 62.4 Å². The van der Waals surface area contributed by atoms with Crippen molar-refractivity contribution in [2.24, 2.45) is 46.8 Å². The minimum Gasteiger partial charge on any atom is -0.460 e. The molecule has 15 atom stereocenters. The number of methoxy groups -OCH3 is 2. The van der Waals surface area contributed by atoms with Gasteiger partial charge in [0.25, 0.3) is 33.3 Å². The van der Waals surface area contributed by atoms with E-state index in [9.17, 15) is 57.8 Å². The molecule has 5 fully saturated rings. The minimum atomic E-state index is -4.86. The first kappa shape index (κ1) is 96.9. The first-order valence-electron chi connectivity index (χ1n) is 45.5. The molecule has 12 rings (SSSR count). The van der Waals surface area contributed by atoms with E-state index in [-0.39, 0.29) is 109 Å². The summed E-state index contributed by atoms with van der Waals surface area (Å²) in [5, 5.41) is 49.4. The van der Waals surface area contributed by atoms with Gasteiger partial charge in [-0.1, -0.05) is 120 Å². The number of pyridine rings is 1. The van der Waals surface area contributed by atoms with Crippen LogP contribution in [0.5, 0.6) is 11.5 Å². The number of H-pyrrole nitrogens is 1. The average molecular weight is 1770 g/mol. The van der Waals surface area contributed by atoms with Gasteiger partial charge in [-0.3, -0.25) is 39.0 Å². The van der Waals surface area contributed by atoms with Crippen LogP contribution in [0.4, 0.5) is 17.1 Å². The van der Waals surface area contributed by atoms with Gasteiger partial charge in [0.2, 0.25) is 5.79 Å². The van der Waals surface area contributed by atoms with E-state index in [1.54, 1.807) is 76.3 Å². The molecule has 29 heteroatoms. The number of aromatic amines is 1. The number of hydrogen-bond donors (Lipinski definition) is 5. The van der Waals surface area contributed by atoms with Crippen molar-refractivity contribution in [3.63, 3.8) is 0 Å². The number of allylic oxidation sites excluding steroid dienone is 7. The Morgan fingerprint density at radius 2 is 1.59 bits per heavy atom. The van der Waals surface area contributed by atoms with E-state index in [2.05, 4.69) is 69.5 Å².